The lowest BCUT2D eigenvalue weighted by atomic mass is 9.96. The Morgan fingerprint density at radius 3 is 2.44 bits per heavy atom. The van der Waals surface area contributed by atoms with Crippen molar-refractivity contribution in [1.29, 1.82) is 0 Å². The summed E-state index contributed by atoms with van der Waals surface area (Å²) in [6, 6.07) is 19.8. The zero-order chi connectivity index (χ0) is 22.7. The van der Waals surface area contributed by atoms with Crippen molar-refractivity contribution in [2.75, 3.05) is 7.11 Å². The van der Waals surface area contributed by atoms with Gasteiger partial charge >= 0.3 is 6.18 Å². The Morgan fingerprint density at radius 1 is 0.906 bits per heavy atom. The number of halogens is 3. The first-order valence-electron chi connectivity index (χ1n) is 10.2. The first kappa shape index (κ1) is 21.6. The van der Waals surface area contributed by atoms with Gasteiger partial charge in [-0.05, 0) is 66.8 Å². The van der Waals surface area contributed by atoms with Crippen molar-refractivity contribution in [1.82, 2.24) is 14.8 Å². The van der Waals surface area contributed by atoms with E-state index in [0.717, 1.165) is 52.2 Å². The maximum absolute atomic E-state index is 13.3. The minimum absolute atomic E-state index is 0.126. The summed E-state index contributed by atoms with van der Waals surface area (Å²) < 4.78 is 46.0. The van der Waals surface area contributed by atoms with Gasteiger partial charge in [-0.15, -0.1) is 0 Å². The molecule has 0 radical (unpaired) electrons. The van der Waals surface area contributed by atoms with Gasteiger partial charge in [-0.25, -0.2) is 9.67 Å². The summed E-state index contributed by atoms with van der Waals surface area (Å²) in [6.45, 7) is 2.05. The number of aryl methyl sites for hydroxylation is 3. The van der Waals surface area contributed by atoms with Crippen LogP contribution in [-0.2, 0) is 19.0 Å². The van der Waals surface area contributed by atoms with Crippen molar-refractivity contribution in [2.24, 2.45) is 0 Å². The van der Waals surface area contributed by atoms with Crippen molar-refractivity contribution in [3.05, 3.63) is 95.3 Å². The van der Waals surface area contributed by atoms with E-state index < -0.39 is 11.9 Å². The summed E-state index contributed by atoms with van der Waals surface area (Å²) in [7, 11) is 1.65. The van der Waals surface area contributed by atoms with E-state index >= 15 is 0 Å². The first-order valence-corrected chi connectivity index (χ1v) is 10.2. The van der Waals surface area contributed by atoms with Crippen LogP contribution in [0.3, 0.4) is 0 Å². The molecule has 0 N–H and O–H groups in total. The number of benzene rings is 2. The van der Waals surface area contributed by atoms with Crippen LogP contribution in [0.1, 0.15) is 22.4 Å². The van der Waals surface area contributed by atoms with E-state index in [1.807, 2.05) is 36.4 Å². The molecule has 2 aromatic carbocycles. The maximum Gasteiger partial charge on any atom is 0.433 e. The van der Waals surface area contributed by atoms with Gasteiger partial charge in [-0.2, -0.15) is 18.3 Å². The molecular weight excluding hydrogens is 415 g/mol. The zero-order valence-corrected chi connectivity index (χ0v) is 17.7. The van der Waals surface area contributed by atoms with Crippen molar-refractivity contribution in [2.45, 2.75) is 25.9 Å². The molecule has 0 aliphatic rings. The molecule has 0 aliphatic carbocycles. The Morgan fingerprint density at radius 2 is 1.69 bits per heavy atom. The lowest BCUT2D eigenvalue weighted by Gasteiger charge is -2.13. The predicted octanol–water partition coefficient (Wildman–Crippen LogP) is 6.06. The molecule has 0 saturated carbocycles. The van der Waals surface area contributed by atoms with E-state index in [9.17, 15) is 13.2 Å². The maximum atomic E-state index is 13.3. The van der Waals surface area contributed by atoms with E-state index in [1.165, 1.54) is 11.6 Å². The normalized spacial score (nSPS) is 11.5. The highest BCUT2D eigenvalue weighted by atomic mass is 19.4. The second-order valence-corrected chi connectivity index (χ2v) is 7.46. The average molecular weight is 437 g/mol. The summed E-state index contributed by atoms with van der Waals surface area (Å²) in [5.41, 5.74) is 4.08. The highest BCUT2D eigenvalue weighted by Gasteiger charge is 2.35. The first-order chi connectivity index (χ1) is 15.4. The molecule has 4 aromatic rings. The summed E-state index contributed by atoms with van der Waals surface area (Å²) >= 11 is 0. The zero-order valence-electron chi connectivity index (χ0n) is 17.7. The largest absolute Gasteiger partial charge is 0.497 e. The molecule has 0 amide bonds. The second kappa shape index (κ2) is 8.86. The molecule has 2 heterocycles. The van der Waals surface area contributed by atoms with E-state index in [4.69, 9.17) is 4.74 Å². The molecule has 0 saturated heterocycles. The van der Waals surface area contributed by atoms with Crippen LogP contribution in [-0.4, -0.2) is 21.9 Å². The van der Waals surface area contributed by atoms with Gasteiger partial charge in [0.05, 0.1) is 19.0 Å². The molecular formula is C25H22F3N3O. The number of methoxy groups -OCH3 is 1. The standard InChI is InChI=1S/C25H22F3N3O/c1-17-16-20(32-2)13-12-18(17)10-11-19-6-3-4-7-21(19)22-8-5-9-24(30-22)31-23(14-15-29-31)25(26,27)28/h3-9,12-16H,10-11H2,1-2H3. The number of ether oxygens (including phenoxy) is 1. The fourth-order valence-electron chi connectivity index (χ4n) is 3.73. The quantitative estimate of drug-likeness (QED) is 0.368. The summed E-state index contributed by atoms with van der Waals surface area (Å²) in [4.78, 5) is 4.50. The van der Waals surface area contributed by atoms with Crippen LogP contribution in [0.2, 0.25) is 0 Å². The van der Waals surface area contributed by atoms with Gasteiger partial charge in [0.15, 0.2) is 5.82 Å². The van der Waals surface area contributed by atoms with E-state index in [0.29, 0.717) is 5.69 Å². The second-order valence-electron chi connectivity index (χ2n) is 7.46. The van der Waals surface area contributed by atoms with Crippen molar-refractivity contribution >= 4 is 0 Å². The van der Waals surface area contributed by atoms with Crippen LogP contribution in [0.4, 0.5) is 13.2 Å². The Labute approximate surface area is 184 Å². The summed E-state index contributed by atoms with van der Waals surface area (Å²) in [5, 5.41) is 3.83. The Bertz CT molecular complexity index is 1230. The number of pyridine rings is 1. The van der Waals surface area contributed by atoms with Gasteiger partial charge < -0.3 is 4.74 Å². The molecule has 4 nitrogen and oxygen atoms in total. The molecule has 0 unspecified atom stereocenters. The number of rotatable bonds is 6. The third-order valence-electron chi connectivity index (χ3n) is 5.39. The molecule has 0 spiro atoms. The molecule has 0 atom stereocenters. The van der Waals surface area contributed by atoms with Crippen molar-refractivity contribution in [3.8, 4) is 22.8 Å². The van der Waals surface area contributed by atoms with Crippen LogP contribution in [0.5, 0.6) is 5.75 Å². The molecule has 0 fully saturated rings. The number of alkyl halides is 3. The van der Waals surface area contributed by atoms with Gasteiger partial charge in [0.2, 0.25) is 0 Å². The average Bonchev–Trinajstić information content (AvgIpc) is 3.29. The summed E-state index contributed by atoms with van der Waals surface area (Å²) in [6.07, 6.45) is -1.79. The van der Waals surface area contributed by atoms with Crippen molar-refractivity contribution < 1.29 is 17.9 Å². The topological polar surface area (TPSA) is 39.9 Å². The number of hydrogen-bond acceptors (Lipinski definition) is 3. The fourth-order valence-corrected chi connectivity index (χ4v) is 3.73. The molecule has 164 valence electrons. The van der Waals surface area contributed by atoms with Crippen LogP contribution >= 0.6 is 0 Å². The van der Waals surface area contributed by atoms with Gasteiger partial charge in [0, 0.05) is 5.56 Å². The number of hydrogen-bond donors (Lipinski definition) is 0. The molecule has 0 aliphatic heterocycles. The Kier molecular flexibility index (Phi) is 5.99. The molecule has 4 rings (SSSR count). The summed E-state index contributed by atoms with van der Waals surface area (Å²) in [5.74, 6) is 0.949. The third kappa shape index (κ3) is 4.51. The smallest absolute Gasteiger partial charge is 0.433 e. The molecule has 0 bridgehead atoms. The molecule has 2 aromatic heterocycles. The number of aromatic nitrogens is 3. The van der Waals surface area contributed by atoms with Crippen LogP contribution in [0.25, 0.3) is 17.1 Å². The van der Waals surface area contributed by atoms with Gasteiger partial charge in [-0.1, -0.05) is 36.4 Å². The highest BCUT2D eigenvalue weighted by molar-refractivity contribution is 5.64. The predicted molar refractivity (Wildman–Crippen MR) is 117 cm³/mol. The van der Waals surface area contributed by atoms with Crippen LogP contribution in [0, 0.1) is 6.92 Å². The minimum Gasteiger partial charge on any atom is -0.497 e. The van der Waals surface area contributed by atoms with E-state index in [2.05, 4.69) is 23.1 Å². The van der Waals surface area contributed by atoms with Crippen LogP contribution < -0.4 is 4.74 Å². The molecule has 7 heteroatoms. The number of nitrogens with zero attached hydrogens (tertiary/aromatic N) is 3. The van der Waals surface area contributed by atoms with Crippen molar-refractivity contribution in [3.63, 3.8) is 0 Å². The fraction of sp³-hybridized carbons (Fsp3) is 0.200. The van der Waals surface area contributed by atoms with Gasteiger partial charge in [0.1, 0.15) is 11.4 Å². The SMILES string of the molecule is COc1ccc(CCc2ccccc2-c2cccc(-n3nccc3C(F)(F)F)n2)c(C)c1. The lowest BCUT2D eigenvalue weighted by molar-refractivity contribution is -0.142. The lowest BCUT2D eigenvalue weighted by Crippen LogP contribution is -2.14. The van der Waals surface area contributed by atoms with Gasteiger partial charge in [-0.3, -0.25) is 0 Å². The molecule has 32 heavy (non-hydrogen) atoms. The van der Waals surface area contributed by atoms with E-state index in [-0.39, 0.29) is 5.82 Å². The monoisotopic (exact) mass is 437 g/mol. The van der Waals surface area contributed by atoms with Gasteiger partial charge in [0.25, 0.3) is 0 Å². The highest BCUT2D eigenvalue weighted by Crippen LogP contribution is 2.31. The Hall–Kier alpha value is -3.61. The van der Waals surface area contributed by atoms with Crippen LogP contribution in [0.15, 0.2) is 72.9 Å². The van der Waals surface area contributed by atoms with E-state index in [1.54, 1.807) is 19.2 Å². The Balaban J connectivity index is 1.64. The third-order valence-corrected chi connectivity index (χ3v) is 5.39. The minimum atomic E-state index is -4.51.